The second-order valence-electron chi connectivity index (χ2n) is 3.68. The van der Waals surface area contributed by atoms with Crippen LogP contribution in [0.15, 0.2) is 0 Å². The topological polar surface area (TPSA) is 63.0 Å². The summed E-state index contributed by atoms with van der Waals surface area (Å²) in [4.78, 5) is 0. The van der Waals surface area contributed by atoms with E-state index in [1.807, 2.05) is 18.5 Å². The van der Waals surface area contributed by atoms with Crippen molar-refractivity contribution in [2.75, 3.05) is 13.2 Å². The average molecular weight is 212 g/mol. The Morgan fingerprint density at radius 2 is 2.07 bits per heavy atom. The van der Waals surface area contributed by atoms with Crippen LogP contribution in [-0.2, 0) is 13.6 Å². The fraction of sp³-hybridized carbons (Fsp3) is 0.800. The minimum atomic E-state index is 0.294. The molecule has 0 aliphatic heterocycles. The lowest BCUT2D eigenvalue weighted by Crippen LogP contribution is -2.17. The zero-order chi connectivity index (χ0) is 11.1. The summed E-state index contributed by atoms with van der Waals surface area (Å²) in [6.45, 7) is 3.96. The normalized spacial score (nSPS) is 10.9. The van der Waals surface area contributed by atoms with Crippen molar-refractivity contribution in [1.29, 1.82) is 0 Å². The number of aliphatic hydroxyl groups is 1. The Kier molecular flexibility index (Phi) is 5.28. The summed E-state index contributed by atoms with van der Waals surface area (Å²) in [5, 5.41) is 20.0. The van der Waals surface area contributed by atoms with E-state index in [1.54, 1.807) is 0 Å². The molecule has 5 heteroatoms. The maximum atomic E-state index is 8.60. The van der Waals surface area contributed by atoms with Crippen molar-refractivity contribution >= 4 is 0 Å². The van der Waals surface area contributed by atoms with Gasteiger partial charge in [0.25, 0.3) is 0 Å². The maximum Gasteiger partial charge on any atom is 0.146 e. The van der Waals surface area contributed by atoms with E-state index in [0.29, 0.717) is 6.61 Å². The van der Waals surface area contributed by atoms with E-state index in [4.69, 9.17) is 5.11 Å². The number of nitrogens with one attached hydrogen (secondary N) is 1. The van der Waals surface area contributed by atoms with E-state index < -0.39 is 0 Å². The minimum Gasteiger partial charge on any atom is -0.396 e. The van der Waals surface area contributed by atoms with E-state index in [9.17, 15) is 0 Å². The molecule has 0 aromatic carbocycles. The van der Waals surface area contributed by atoms with Gasteiger partial charge in [0.2, 0.25) is 0 Å². The lowest BCUT2D eigenvalue weighted by atomic mass is 10.2. The third kappa shape index (κ3) is 3.97. The zero-order valence-electron chi connectivity index (χ0n) is 9.53. The molecule has 1 aromatic rings. The summed E-state index contributed by atoms with van der Waals surface area (Å²) in [5.74, 6) is 1.90. The van der Waals surface area contributed by atoms with E-state index in [1.165, 1.54) is 0 Å². The number of aromatic nitrogens is 3. The summed E-state index contributed by atoms with van der Waals surface area (Å²) >= 11 is 0. The van der Waals surface area contributed by atoms with E-state index in [2.05, 4.69) is 15.5 Å². The second-order valence-corrected chi connectivity index (χ2v) is 3.68. The predicted molar refractivity (Wildman–Crippen MR) is 58.4 cm³/mol. The Bertz CT molecular complexity index is 285. The van der Waals surface area contributed by atoms with Crippen LogP contribution in [0.5, 0.6) is 0 Å². The zero-order valence-corrected chi connectivity index (χ0v) is 9.53. The van der Waals surface area contributed by atoms with Crippen LogP contribution in [0.1, 0.15) is 30.9 Å². The van der Waals surface area contributed by atoms with E-state index in [-0.39, 0.29) is 0 Å². The molecule has 0 aliphatic carbocycles. The van der Waals surface area contributed by atoms with Crippen LogP contribution in [0.4, 0.5) is 0 Å². The van der Waals surface area contributed by atoms with Crippen molar-refractivity contribution in [1.82, 2.24) is 20.1 Å². The highest BCUT2D eigenvalue weighted by molar-refractivity contribution is 4.91. The summed E-state index contributed by atoms with van der Waals surface area (Å²) in [6, 6.07) is 0. The highest BCUT2D eigenvalue weighted by Crippen LogP contribution is 1.97. The van der Waals surface area contributed by atoms with E-state index >= 15 is 0 Å². The quantitative estimate of drug-likeness (QED) is 0.641. The van der Waals surface area contributed by atoms with Crippen molar-refractivity contribution in [2.24, 2.45) is 7.05 Å². The van der Waals surface area contributed by atoms with Crippen LogP contribution in [0.25, 0.3) is 0 Å². The minimum absolute atomic E-state index is 0.294. The summed E-state index contributed by atoms with van der Waals surface area (Å²) in [5.41, 5.74) is 0. The first-order chi connectivity index (χ1) is 7.25. The number of aryl methyl sites for hydroxylation is 1. The average Bonchev–Trinajstić information content (AvgIpc) is 2.54. The summed E-state index contributed by atoms with van der Waals surface area (Å²) in [7, 11) is 1.97. The molecule has 0 unspecified atom stereocenters. The molecular weight excluding hydrogens is 192 g/mol. The van der Waals surface area contributed by atoms with Crippen molar-refractivity contribution in [3.63, 3.8) is 0 Å². The molecule has 0 aliphatic rings. The van der Waals surface area contributed by atoms with Crippen molar-refractivity contribution in [3.8, 4) is 0 Å². The Labute approximate surface area is 90.5 Å². The van der Waals surface area contributed by atoms with Crippen LogP contribution >= 0.6 is 0 Å². The molecule has 0 amide bonds. The molecule has 0 saturated heterocycles. The number of hydrogen-bond donors (Lipinski definition) is 2. The number of rotatable bonds is 7. The molecule has 1 heterocycles. The molecular formula is C10H20N4O. The van der Waals surface area contributed by atoms with E-state index in [0.717, 1.165) is 44.0 Å². The summed E-state index contributed by atoms with van der Waals surface area (Å²) < 4.78 is 1.99. The molecule has 5 nitrogen and oxygen atoms in total. The largest absolute Gasteiger partial charge is 0.396 e. The van der Waals surface area contributed by atoms with Gasteiger partial charge in [-0.2, -0.15) is 0 Å². The SMILES string of the molecule is Cc1nnc(CNCCCCCO)n1C. The molecule has 0 spiro atoms. The first-order valence-electron chi connectivity index (χ1n) is 5.42. The fourth-order valence-corrected chi connectivity index (χ4v) is 1.34. The van der Waals surface area contributed by atoms with Gasteiger partial charge in [-0.15, -0.1) is 10.2 Å². The number of unbranched alkanes of at least 4 members (excludes halogenated alkanes) is 2. The van der Waals surface area contributed by atoms with Crippen LogP contribution in [-0.4, -0.2) is 33.0 Å². The maximum absolute atomic E-state index is 8.60. The predicted octanol–water partition coefficient (Wildman–Crippen LogP) is 0.376. The first kappa shape index (κ1) is 12.1. The van der Waals surface area contributed by atoms with Gasteiger partial charge >= 0.3 is 0 Å². The molecule has 0 bridgehead atoms. The van der Waals surface area contributed by atoms with Crippen LogP contribution in [0.2, 0.25) is 0 Å². The van der Waals surface area contributed by atoms with Crippen LogP contribution in [0, 0.1) is 6.92 Å². The number of hydrogen-bond acceptors (Lipinski definition) is 4. The fourth-order valence-electron chi connectivity index (χ4n) is 1.34. The third-order valence-corrected chi connectivity index (χ3v) is 2.48. The van der Waals surface area contributed by atoms with Gasteiger partial charge < -0.3 is 15.0 Å². The van der Waals surface area contributed by atoms with Crippen molar-refractivity contribution < 1.29 is 5.11 Å². The highest BCUT2D eigenvalue weighted by atomic mass is 16.2. The van der Waals surface area contributed by atoms with Gasteiger partial charge in [0.05, 0.1) is 6.54 Å². The highest BCUT2D eigenvalue weighted by Gasteiger charge is 2.02. The molecule has 0 fully saturated rings. The molecule has 0 radical (unpaired) electrons. The van der Waals surface area contributed by atoms with Gasteiger partial charge in [0.1, 0.15) is 11.6 Å². The number of aliphatic hydroxyl groups excluding tert-OH is 1. The van der Waals surface area contributed by atoms with Crippen LogP contribution < -0.4 is 5.32 Å². The Morgan fingerprint density at radius 3 is 2.67 bits per heavy atom. The monoisotopic (exact) mass is 212 g/mol. The van der Waals surface area contributed by atoms with Gasteiger partial charge in [-0.1, -0.05) is 0 Å². The van der Waals surface area contributed by atoms with Gasteiger partial charge in [0.15, 0.2) is 0 Å². The third-order valence-electron chi connectivity index (χ3n) is 2.48. The molecule has 15 heavy (non-hydrogen) atoms. The standard InChI is InChI=1S/C10H20N4O/c1-9-12-13-10(14(9)2)8-11-6-4-3-5-7-15/h11,15H,3-8H2,1-2H3. The van der Waals surface area contributed by atoms with Crippen molar-refractivity contribution in [3.05, 3.63) is 11.6 Å². The second kappa shape index (κ2) is 6.53. The van der Waals surface area contributed by atoms with Gasteiger partial charge in [-0.25, -0.2) is 0 Å². The van der Waals surface area contributed by atoms with Gasteiger partial charge in [-0.05, 0) is 32.7 Å². The smallest absolute Gasteiger partial charge is 0.146 e. The first-order valence-corrected chi connectivity index (χ1v) is 5.42. The molecule has 0 saturated carbocycles. The number of nitrogens with zero attached hydrogens (tertiary/aromatic N) is 3. The lowest BCUT2D eigenvalue weighted by molar-refractivity contribution is 0.283. The van der Waals surface area contributed by atoms with Crippen LogP contribution in [0.3, 0.4) is 0 Å². The van der Waals surface area contributed by atoms with Gasteiger partial charge in [-0.3, -0.25) is 0 Å². The Morgan fingerprint density at radius 1 is 1.27 bits per heavy atom. The molecule has 2 N–H and O–H groups in total. The lowest BCUT2D eigenvalue weighted by Gasteiger charge is -2.04. The van der Waals surface area contributed by atoms with Crippen molar-refractivity contribution in [2.45, 2.75) is 32.7 Å². The molecule has 0 atom stereocenters. The Balaban J connectivity index is 2.12. The summed E-state index contributed by atoms with van der Waals surface area (Å²) in [6.07, 6.45) is 3.06. The molecule has 1 rings (SSSR count). The molecule has 86 valence electrons. The Hall–Kier alpha value is -0.940. The molecule has 1 aromatic heterocycles. The van der Waals surface area contributed by atoms with Gasteiger partial charge in [0, 0.05) is 13.7 Å².